The molecule has 0 fully saturated rings. The van der Waals surface area contributed by atoms with Crippen molar-refractivity contribution in [3.05, 3.63) is 56.8 Å². The van der Waals surface area contributed by atoms with Gasteiger partial charge in [-0.25, -0.2) is 0 Å². The van der Waals surface area contributed by atoms with Crippen LogP contribution in [0.1, 0.15) is 51.0 Å². The second-order valence-electron chi connectivity index (χ2n) is 5.05. The Kier molecular flexibility index (Phi) is 4.29. The van der Waals surface area contributed by atoms with Gasteiger partial charge >= 0.3 is 0 Å². The first-order valence-corrected chi connectivity index (χ1v) is 8.03. The standard InChI is InChI=1S/C16H19BrS/c1-10(2)13-5-7-14(8-6-13)16(17)15-9-11(3)18-12(15)4/h5-10,16H,1-4H3. The van der Waals surface area contributed by atoms with Crippen molar-refractivity contribution < 1.29 is 0 Å². The van der Waals surface area contributed by atoms with E-state index in [1.807, 2.05) is 11.3 Å². The maximum Gasteiger partial charge on any atom is 0.0655 e. The molecule has 1 aromatic heterocycles. The molecule has 0 aliphatic heterocycles. The van der Waals surface area contributed by atoms with Gasteiger partial charge in [-0.3, -0.25) is 0 Å². The average Bonchev–Trinajstić information content (AvgIpc) is 2.67. The minimum atomic E-state index is 0.309. The van der Waals surface area contributed by atoms with Gasteiger partial charge in [0.25, 0.3) is 0 Å². The van der Waals surface area contributed by atoms with E-state index in [1.165, 1.54) is 26.4 Å². The Morgan fingerprint density at radius 1 is 1.00 bits per heavy atom. The van der Waals surface area contributed by atoms with Gasteiger partial charge < -0.3 is 0 Å². The predicted molar refractivity (Wildman–Crippen MR) is 85.1 cm³/mol. The van der Waals surface area contributed by atoms with E-state index >= 15 is 0 Å². The second-order valence-corrected chi connectivity index (χ2v) is 7.43. The maximum atomic E-state index is 3.83. The molecule has 0 amide bonds. The fourth-order valence-electron chi connectivity index (χ4n) is 2.13. The molecule has 18 heavy (non-hydrogen) atoms. The number of hydrogen-bond donors (Lipinski definition) is 0. The van der Waals surface area contributed by atoms with Crippen molar-refractivity contribution in [2.45, 2.75) is 38.4 Å². The van der Waals surface area contributed by atoms with E-state index < -0.39 is 0 Å². The summed E-state index contributed by atoms with van der Waals surface area (Å²) in [6.45, 7) is 8.83. The zero-order valence-electron chi connectivity index (χ0n) is 11.3. The molecule has 96 valence electrons. The lowest BCUT2D eigenvalue weighted by molar-refractivity contribution is 0.865. The zero-order chi connectivity index (χ0) is 13.3. The Balaban J connectivity index is 2.28. The van der Waals surface area contributed by atoms with Crippen LogP contribution in [0.3, 0.4) is 0 Å². The highest BCUT2D eigenvalue weighted by atomic mass is 79.9. The van der Waals surface area contributed by atoms with E-state index in [2.05, 4.69) is 74.0 Å². The average molecular weight is 323 g/mol. The lowest BCUT2D eigenvalue weighted by Crippen LogP contribution is -1.94. The molecule has 0 bridgehead atoms. The molecule has 1 atom stereocenters. The first-order chi connectivity index (χ1) is 8.49. The minimum Gasteiger partial charge on any atom is -0.146 e. The number of rotatable bonds is 3. The van der Waals surface area contributed by atoms with Crippen LogP contribution in [0.5, 0.6) is 0 Å². The monoisotopic (exact) mass is 322 g/mol. The quantitative estimate of drug-likeness (QED) is 0.610. The number of hydrogen-bond acceptors (Lipinski definition) is 1. The van der Waals surface area contributed by atoms with Gasteiger partial charge in [-0.2, -0.15) is 0 Å². The van der Waals surface area contributed by atoms with E-state index in [0.29, 0.717) is 10.7 Å². The highest BCUT2D eigenvalue weighted by molar-refractivity contribution is 9.09. The molecule has 0 radical (unpaired) electrons. The lowest BCUT2D eigenvalue weighted by Gasteiger charge is -2.12. The van der Waals surface area contributed by atoms with Gasteiger partial charge in [-0.05, 0) is 42.5 Å². The molecular weight excluding hydrogens is 304 g/mol. The third-order valence-electron chi connectivity index (χ3n) is 3.25. The normalized spacial score (nSPS) is 13.0. The summed E-state index contributed by atoms with van der Waals surface area (Å²) in [6.07, 6.45) is 0. The summed E-state index contributed by atoms with van der Waals surface area (Å²) in [5, 5.41) is 0. The van der Waals surface area contributed by atoms with Crippen molar-refractivity contribution in [1.82, 2.24) is 0 Å². The van der Waals surface area contributed by atoms with Gasteiger partial charge in [0.1, 0.15) is 0 Å². The van der Waals surface area contributed by atoms with Gasteiger partial charge in [-0.1, -0.05) is 54.0 Å². The highest BCUT2D eigenvalue weighted by Gasteiger charge is 2.15. The van der Waals surface area contributed by atoms with Crippen molar-refractivity contribution in [2.24, 2.45) is 0 Å². The number of alkyl halides is 1. The largest absolute Gasteiger partial charge is 0.146 e. The van der Waals surface area contributed by atoms with Crippen molar-refractivity contribution in [3.63, 3.8) is 0 Å². The molecule has 2 heteroatoms. The summed E-state index contributed by atoms with van der Waals surface area (Å²) < 4.78 is 0. The van der Waals surface area contributed by atoms with E-state index in [1.54, 1.807) is 0 Å². The van der Waals surface area contributed by atoms with Gasteiger partial charge in [0.15, 0.2) is 0 Å². The van der Waals surface area contributed by atoms with Crippen molar-refractivity contribution in [1.29, 1.82) is 0 Å². The van der Waals surface area contributed by atoms with E-state index in [-0.39, 0.29) is 0 Å². The van der Waals surface area contributed by atoms with Crippen molar-refractivity contribution >= 4 is 27.3 Å². The Labute approximate surface area is 122 Å². The zero-order valence-corrected chi connectivity index (χ0v) is 13.7. The minimum absolute atomic E-state index is 0.309. The van der Waals surface area contributed by atoms with Crippen LogP contribution in [0.25, 0.3) is 0 Å². The number of halogens is 1. The number of benzene rings is 1. The summed E-state index contributed by atoms with van der Waals surface area (Å²) in [6, 6.07) is 11.2. The summed E-state index contributed by atoms with van der Waals surface area (Å²) in [7, 11) is 0. The van der Waals surface area contributed by atoms with Crippen LogP contribution in [0.15, 0.2) is 30.3 Å². The Bertz CT molecular complexity index is 523. The van der Waals surface area contributed by atoms with E-state index in [9.17, 15) is 0 Å². The first kappa shape index (κ1) is 13.8. The fourth-order valence-corrected chi connectivity index (χ4v) is 4.03. The smallest absolute Gasteiger partial charge is 0.0655 e. The molecular formula is C16H19BrS. The molecule has 2 aromatic rings. The van der Waals surface area contributed by atoms with Gasteiger partial charge in [0, 0.05) is 9.75 Å². The molecule has 2 rings (SSSR count). The Morgan fingerprint density at radius 3 is 2.00 bits per heavy atom. The highest BCUT2D eigenvalue weighted by Crippen LogP contribution is 2.36. The second kappa shape index (κ2) is 5.58. The van der Waals surface area contributed by atoms with Gasteiger partial charge in [0.05, 0.1) is 4.83 Å². The summed E-state index contributed by atoms with van der Waals surface area (Å²) in [5.41, 5.74) is 4.13. The molecule has 1 heterocycles. The van der Waals surface area contributed by atoms with Crippen LogP contribution in [0.2, 0.25) is 0 Å². The summed E-state index contributed by atoms with van der Waals surface area (Å²) in [5.74, 6) is 0.595. The van der Waals surface area contributed by atoms with Crippen LogP contribution in [0.4, 0.5) is 0 Å². The van der Waals surface area contributed by atoms with E-state index in [4.69, 9.17) is 0 Å². The predicted octanol–water partition coefficient (Wildman–Crippen LogP) is 5.97. The molecule has 0 aliphatic carbocycles. The first-order valence-electron chi connectivity index (χ1n) is 6.30. The van der Waals surface area contributed by atoms with E-state index in [0.717, 1.165) is 0 Å². The van der Waals surface area contributed by atoms with Gasteiger partial charge in [-0.15, -0.1) is 11.3 Å². The molecule has 1 unspecified atom stereocenters. The summed E-state index contributed by atoms with van der Waals surface area (Å²) in [4.78, 5) is 3.09. The SMILES string of the molecule is Cc1cc(C(Br)c2ccc(C(C)C)cc2)c(C)s1. The van der Waals surface area contributed by atoms with Crippen molar-refractivity contribution in [2.75, 3.05) is 0 Å². The third-order valence-corrected chi connectivity index (χ3v) is 5.25. The van der Waals surface area contributed by atoms with Crippen LogP contribution in [-0.4, -0.2) is 0 Å². The fraction of sp³-hybridized carbons (Fsp3) is 0.375. The molecule has 0 N–H and O–H groups in total. The molecule has 0 aliphatic rings. The van der Waals surface area contributed by atoms with Gasteiger partial charge in [0.2, 0.25) is 0 Å². The summed E-state index contributed by atoms with van der Waals surface area (Å²) >= 11 is 5.70. The van der Waals surface area contributed by atoms with Crippen molar-refractivity contribution in [3.8, 4) is 0 Å². The molecule has 1 aromatic carbocycles. The van der Waals surface area contributed by atoms with Crippen LogP contribution in [-0.2, 0) is 0 Å². The lowest BCUT2D eigenvalue weighted by atomic mass is 9.99. The molecule has 0 nitrogen and oxygen atoms in total. The van der Waals surface area contributed by atoms with Crippen LogP contribution in [0, 0.1) is 13.8 Å². The van der Waals surface area contributed by atoms with Crippen LogP contribution >= 0.6 is 27.3 Å². The topological polar surface area (TPSA) is 0 Å². The van der Waals surface area contributed by atoms with Crippen LogP contribution < -0.4 is 0 Å². The Morgan fingerprint density at radius 2 is 1.56 bits per heavy atom. The maximum absolute atomic E-state index is 3.83. The number of aryl methyl sites for hydroxylation is 2. The Hall–Kier alpha value is -0.600. The molecule has 0 saturated carbocycles. The number of thiophene rings is 1. The third kappa shape index (κ3) is 2.86. The molecule has 0 saturated heterocycles. The molecule has 0 spiro atoms.